The molecule has 1 aliphatic rings. The van der Waals surface area contributed by atoms with Crippen LogP contribution in [0.4, 0.5) is 0 Å². The van der Waals surface area contributed by atoms with Crippen molar-refractivity contribution in [3.63, 3.8) is 0 Å². The number of benzene rings is 2. The Hall–Kier alpha value is -1.80. The molecule has 0 aromatic heterocycles. The molecule has 96 valence electrons. The fourth-order valence-corrected chi connectivity index (χ4v) is 2.98. The summed E-state index contributed by atoms with van der Waals surface area (Å²) in [5, 5.41) is 13.7. The van der Waals surface area contributed by atoms with E-state index in [1.165, 1.54) is 5.56 Å². The molecule has 1 N–H and O–H groups in total. The number of fused-ring (bicyclic) bond motifs is 1. The second-order valence-electron chi connectivity index (χ2n) is 4.79. The van der Waals surface area contributed by atoms with Crippen molar-refractivity contribution in [2.75, 3.05) is 0 Å². The molecule has 0 amide bonds. The Balaban J connectivity index is 2.06. The zero-order valence-electron chi connectivity index (χ0n) is 10.4. The van der Waals surface area contributed by atoms with Crippen molar-refractivity contribution in [2.24, 2.45) is 5.16 Å². The lowest BCUT2D eigenvalue weighted by Crippen LogP contribution is -2.21. The fourth-order valence-electron chi connectivity index (χ4n) is 2.78. The summed E-state index contributed by atoms with van der Waals surface area (Å²) in [5.74, 6) is 0.110. The van der Waals surface area contributed by atoms with E-state index in [9.17, 15) is 5.21 Å². The lowest BCUT2D eigenvalue weighted by atomic mass is 9.78. The van der Waals surface area contributed by atoms with E-state index in [4.69, 9.17) is 11.6 Å². The predicted molar refractivity (Wildman–Crippen MR) is 77.3 cm³/mol. The number of hydrogen-bond acceptors (Lipinski definition) is 2. The van der Waals surface area contributed by atoms with Gasteiger partial charge in [-0.15, -0.1) is 0 Å². The molecule has 0 unspecified atom stereocenters. The molecule has 0 aliphatic heterocycles. The van der Waals surface area contributed by atoms with Gasteiger partial charge < -0.3 is 5.21 Å². The van der Waals surface area contributed by atoms with Gasteiger partial charge in [-0.3, -0.25) is 0 Å². The number of hydrogen-bond donors (Lipinski definition) is 1. The van der Waals surface area contributed by atoms with Gasteiger partial charge in [0.1, 0.15) is 0 Å². The van der Waals surface area contributed by atoms with E-state index >= 15 is 0 Å². The van der Waals surface area contributed by atoms with E-state index < -0.39 is 0 Å². The first-order valence-electron chi connectivity index (χ1n) is 6.35. The van der Waals surface area contributed by atoms with Crippen molar-refractivity contribution in [1.29, 1.82) is 0 Å². The van der Waals surface area contributed by atoms with Crippen LogP contribution in [0.2, 0.25) is 5.02 Å². The Labute approximate surface area is 117 Å². The monoisotopic (exact) mass is 271 g/mol. The molecule has 0 bridgehead atoms. The molecule has 2 aromatic carbocycles. The van der Waals surface area contributed by atoms with Gasteiger partial charge in [0.15, 0.2) is 0 Å². The van der Waals surface area contributed by atoms with E-state index in [-0.39, 0.29) is 5.92 Å². The van der Waals surface area contributed by atoms with Gasteiger partial charge >= 0.3 is 0 Å². The van der Waals surface area contributed by atoms with Crippen molar-refractivity contribution in [2.45, 2.75) is 18.8 Å². The second kappa shape index (κ2) is 5.06. The molecule has 2 nitrogen and oxygen atoms in total. The number of oxime groups is 1. The first kappa shape index (κ1) is 12.2. The maximum atomic E-state index is 9.39. The molecule has 0 radical (unpaired) electrons. The van der Waals surface area contributed by atoms with Crippen LogP contribution >= 0.6 is 11.6 Å². The van der Waals surface area contributed by atoms with E-state index in [0.29, 0.717) is 5.02 Å². The molecule has 0 fully saturated rings. The van der Waals surface area contributed by atoms with Gasteiger partial charge in [-0.05, 0) is 36.1 Å². The summed E-state index contributed by atoms with van der Waals surface area (Å²) >= 11 is 6.05. The summed E-state index contributed by atoms with van der Waals surface area (Å²) < 4.78 is 0. The average molecular weight is 272 g/mol. The van der Waals surface area contributed by atoms with Crippen molar-refractivity contribution in [3.8, 4) is 0 Å². The third-order valence-electron chi connectivity index (χ3n) is 3.68. The SMILES string of the molecule is O/N=C1/c2ccccc2CC[C@@H]1c1cccc(Cl)c1. The standard InChI is InChI=1S/C16H14ClNO/c17-13-6-3-5-12(10-13)15-9-8-11-4-1-2-7-14(11)16(15)18-19/h1-7,10,15,19H,8-9H2/b18-16-/t15-/m1/s1. The van der Waals surface area contributed by atoms with Gasteiger partial charge in [0.2, 0.25) is 0 Å². The Morgan fingerprint density at radius 2 is 1.95 bits per heavy atom. The van der Waals surface area contributed by atoms with Crippen molar-refractivity contribution >= 4 is 17.3 Å². The minimum Gasteiger partial charge on any atom is -0.411 e. The Kier molecular flexibility index (Phi) is 3.26. The van der Waals surface area contributed by atoms with Crippen LogP contribution in [-0.2, 0) is 6.42 Å². The van der Waals surface area contributed by atoms with Crippen LogP contribution in [0.1, 0.15) is 29.0 Å². The molecule has 0 heterocycles. The van der Waals surface area contributed by atoms with Crippen LogP contribution in [0.5, 0.6) is 0 Å². The van der Waals surface area contributed by atoms with E-state index in [1.807, 2.05) is 42.5 Å². The molecule has 19 heavy (non-hydrogen) atoms. The van der Waals surface area contributed by atoms with Gasteiger partial charge in [-0.25, -0.2) is 0 Å². The quantitative estimate of drug-likeness (QED) is 0.610. The third-order valence-corrected chi connectivity index (χ3v) is 3.92. The Morgan fingerprint density at radius 3 is 2.74 bits per heavy atom. The maximum absolute atomic E-state index is 9.39. The van der Waals surface area contributed by atoms with E-state index in [1.54, 1.807) is 0 Å². The van der Waals surface area contributed by atoms with Gasteiger partial charge in [0, 0.05) is 16.5 Å². The molecule has 3 heteroatoms. The van der Waals surface area contributed by atoms with Gasteiger partial charge in [-0.2, -0.15) is 0 Å². The highest BCUT2D eigenvalue weighted by atomic mass is 35.5. The van der Waals surface area contributed by atoms with Gasteiger partial charge in [0.05, 0.1) is 5.71 Å². The normalized spacial score (nSPS) is 20.3. The number of nitrogens with zero attached hydrogens (tertiary/aromatic N) is 1. The van der Waals surface area contributed by atoms with Crippen LogP contribution in [0.3, 0.4) is 0 Å². The van der Waals surface area contributed by atoms with Crippen LogP contribution in [0.25, 0.3) is 0 Å². The Morgan fingerprint density at radius 1 is 1.11 bits per heavy atom. The molecule has 2 aromatic rings. The summed E-state index contributed by atoms with van der Waals surface area (Å²) in [6.07, 6.45) is 1.93. The minimum atomic E-state index is 0.110. The zero-order chi connectivity index (χ0) is 13.2. The van der Waals surface area contributed by atoms with Crippen molar-refractivity contribution in [1.82, 2.24) is 0 Å². The summed E-state index contributed by atoms with van der Waals surface area (Å²) in [5.41, 5.74) is 4.13. The van der Waals surface area contributed by atoms with Crippen LogP contribution in [0.15, 0.2) is 53.7 Å². The highest BCUT2D eigenvalue weighted by Gasteiger charge is 2.27. The predicted octanol–water partition coefficient (Wildman–Crippen LogP) is 4.25. The molecular weight excluding hydrogens is 258 g/mol. The highest BCUT2D eigenvalue weighted by Crippen LogP contribution is 2.34. The second-order valence-corrected chi connectivity index (χ2v) is 5.23. The maximum Gasteiger partial charge on any atom is 0.0945 e. The molecule has 0 saturated carbocycles. The topological polar surface area (TPSA) is 32.6 Å². The lowest BCUT2D eigenvalue weighted by Gasteiger charge is -2.26. The third kappa shape index (κ3) is 2.24. The van der Waals surface area contributed by atoms with Crippen molar-refractivity contribution < 1.29 is 5.21 Å². The Bertz CT molecular complexity index is 636. The summed E-state index contributed by atoms with van der Waals surface area (Å²) in [4.78, 5) is 0. The molecular formula is C16H14ClNO. The highest BCUT2D eigenvalue weighted by molar-refractivity contribution is 6.30. The summed E-state index contributed by atoms with van der Waals surface area (Å²) in [6.45, 7) is 0. The molecule has 3 rings (SSSR count). The summed E-state index contributed by atoms with van der Waals surface area (Å²) in [7, 11) is 0. The van der Waals surface area contributed by atoms with Crippen LogP contribution < -0.4 is 0 Å². The average Bonchev–Trinajstić information content (AvgIpc) is 2.46. The van der Waals surface area contributed by atoms with Gasteiger partial charge in [0.25, 0.3) is 0 Å². The first-order chi connectivity index (χ1) is 9.29. The molecule has 1 atom stereocenters. The smallest absolute Gasteiger partial charge is 0.0945 e. The summed E-state index contributed by atoms with van der Waals surface area (Å²) in [6, 6.07) is 15.9. The molecule has 0 saturated heterocycles. The largest absolute Gasteiger partial charge is 0.411 e. The zero-order valence-corrected chi connectivity index (χ0v) is 11.1. The van der Waals surface area contributed by atoms with E-state index in [2.05, 4.69) is 11.2 Å². The number of rotatable bonds is 1. The molecule has 0 spiro atoms. The first-order valence-corrected chi connectivity index (χ1v) is 6.73. The fraction of sp³-hybridized carbons (Fsp3) is 0.188. The van der Waals surface area contributed by atoms with Gasteiger partial charge in [-0.1, -0.05) is 53.2 Å². The molecule has 1 aliphatic carbocycles. The minimum absolute atomic E-state index is 0.110. The van der Waals surface area contributed by atoms with Crippen LogP contribution in [-0.4, -0.2) is 10.9 Å². The van der Waals surface area contributed by atoms with E-state index in [0.717, 1.165) is 29.7 Å². The van der Waals surface area contributed by atoms with Crippen LogP contribution in [0, 0.1) is 0 Å². The number of aryl methyl sites for hydroxylation is 1. The number of halogens is 1. The van der Waals surface area contributed by atoms with Crippen molar-refractivity contribution in [3.05, 3.63) is 70.2 Å². The lowest BCUT2D eigenvalue weighted by molar-refractivity contribution is 0.316.